The molecule has 0 saturated carbocycles. The molecule has 0 bridgehead atoms. The predicted molar refractivity (Wildman–Crippen MR) is 132 cm³/mol. The lowest BCUT2D eigenvalue weighted by atomic mass is 9.76. The van der Waals surface area contributed by atoms with E-state index in [1.165, 1.54) is 0 Å². The molecule has 0 aromatic heterocycles. The van der Waals surface area contributed by atoms with Gasteiger partial charge in [0, 0.05) is 23.0 Å². The Morgan fingerprint density at radius 2 is 1.83 bits per heavy atom. The molecular formula is C26H27ClN4O4. The Morgan fingerprint density at radius 3 is 2.49 bits per heavy atom. The highest BCUT2D eigenvalue weighted by Gasteiger charge is 2.70. The van der Waals surface area contributed by atoms with Gasteiger partial charge in [-0.1, -0.05) is 43.1 Å². The number of benzene rings is 2. The number of nitrogens with zero attached hydrogens (tertiary/aromatic N) is 1. The molecule has 3 heterocycles. The van der Waals surface area contributed by atoms with E-state index in [2.05, 4.69) is 17.6 Å². The predicted octanol–water partition coefficient (Wildman–Crippen LogP) is 2.79. The van der Waals surface area contributed by atoms with Crippen LogP contribution in [0.25, 0.3) is 0 Å². The van der Waals surface area contributed by atoms with E-state index >= 15 is 0 Å². The van der Waals surface area contributed by atoms with Gasteiger partial charge in [-0.05, 0) is 49.1 Å². The van der Waals surface area contributed by atoms with Crippen molar-refractivity contribution >= 4 is 46.6 Å². The summed E-state index contributed by atoms with van der Waals surface area (Å²) in [5.74, 6) is -3.93. The van der Waals surface area contributed by atoms with Crippen molar-refractivity contribution in [1.82, 2.24) is 5.32 Å². The summed E-state index contributed by atoms with van der Waals surface area (Å²) in [5, 5.41) is 6.53. The van der Waals surface area contributed by atoms with Gasteiger partial charge in [0.25, 0.3) is 0 Å². The second kappa shape index (κ2) is 8.46. The molecular weight excluding hydrogens is 468 g/mol. The molecule has 2 saturated heterocycles. The smallest absolute Gasteiger partial charge is 0.250 e. The summed E-state index contributed by atoms with van der Waals surface area (Å²) < 4.78 is 0. The van der Waals surface area contributed by atoms with Gasteiger partial charge in [-0.25, -0.2) is 4.90 Å². The molecule has 2 aromatic carbocycles. The van der Waals surface area contributed by atoms with Crippen LogP contribution in [0.1, 0.15) is 42.9 Å². The number of aryl methyl sites for hydroxylation is 1. The highest BCUT2D eigenvalue weighted by molar-refractivity contribution is 6.32. The molecule has 3 aliphatic heterocycles. The minimum atomic E-state index is -1.50. The number of carbonyl (C=O) groups is 4. The summed E-state index contributed by atoms with van der Waals surface area (Å²) in [6, 6.07) is 9.95. The van der Waals surface area contributed by atoms with E-state index in [1.54, 1.807) is 31.2 Å². The summed E-state index contributed by atoms with van der Waals surface area (Å²) in [6.45, 7) is 3.90. The molecule has 2 aromatic rings. The topological polar surface area (TPSA) is 122 Å². The Labute approximate surface area is 208 Å². The van der Waals surface area contributed by atoms with Crippen LogP contribution in [0.3, 0.4) is 0 Å². The third kappa shape index (κ3) is 3.38. The zero-order valence-electron chi connectivity index (χ0n) is 19.6. The first kappa shape index (κ1) is 23.5. The first-order valence-corrected chi connectivity index (χ1v) is 12.2. The summed E-state index contributed by atoms with van der Waals surface area (Å²) in [5.41, 5.74) is 7.30. The van der Waals surface area contributed by atoms with Crippen molar-refractivity contribution in [3.63, 3.8) is 0 Å². The van der Waals surface area contributed by atoms with Crippen molar-refractivity contribution in [3.05, 3.63) is 58.1 Å². The van der Waals surface area contributed by atoms with Crippen LogP contribution in [0.4, 0.5) is 11.4 Å². The van der Waals surface area contributed by atoms with E-state index in [0.29, 0.717) is 27.5 Å². The number of nitrogens with one attached hydrogen (secondary N) is 2. The molecule has 182 valence electrons. The fraction of sp³-hybridized carbons (Fsp3) is 0.385. The summed E-state index contributed by atoms with van der Waals surface area (Å²) in [6.07, 6.45) is 2.85. The van der Waals surface area contributed by atoms with E-state index in [1.807, 2.05) is 12.1 Å². The number of halogens is 1. The fourth-order valence-corrected chi connectivity index (χ4v) is 5.99. The average molecular weight is 495 g/mol. The minimum Gasteiger partial charge on any atom is -0.370 e. The van der Waals surface area contributed by atoms with Crippen LogP contribution >= 0.6 is 11.6 Å². The van der Waals surface area contributed by atoms with Gasteiger partial charge in [0.05, 0.1) is 23.2 Å². The lowest BCUT2D eigenvalue weighted by Gasteiger charge is -2.29. The average Bonchev–Trinajstić information content (AvgIpc) is 3.40. The molecule has 8 nitrogen and oxygen atoms in total. The Kier molecular flexibility index (Phi) is 5.68. The highest BCUT2D eigenvalue weighted by Crippen LogP contribution is 2.55. The lowest BCUT2D eigenvalue weighted by Crippen LogP contribution is -2.53. The van der Waals surface area contributed by atoms with Gasteiger partial charge in [-0.2, -0.15) is 0 Å². The largest absolute Gasteiger partial charge is 0.370 e. The first-order chi connectivity index (χ1) is 16.7. The van der Waals surface area contributed by atoms with Crippen molar-refractivity contribution in [2.75, 3.05) is 10.2 Å². The van der Waals surface area contributed by atoms with Gasteiger partial charge in [0.2, 0.25) is 23.6 Å². The van der Waals surface area contributed by atoms with Crippen molar-refractivity contribution in [2.24, 2.45) is 17.6 Å². The molecule has 4 atom stereocenters. The van der Waals surface area contributed by atoms with E-state index in [-0.39, 0.29) is 6.42 Å². The normalized spacial score (nSPS) is 26.9. The molecule has 5 rings (SSSR count). The van der Waals surface area contributed by atoms with Crippen LogP contribution in [0.15, 0.2) is 36.4 Å². The molecule has 4 amide bonds. The standard InChI is InChI=1S/C26H27ClN4O4/c1-3-4-5-14-6-8-15(9-7-14)31-23(33)20-18(12-19(28)32)30-26(21(20)24(31)34)16-10-11-17(27)13(2)22(16)29-25(26)35/h6-11,18,20-21,30H,3-5,12H2,1-2H3,(H2,28,32)(H,29,35)/t18-,20-,21-,26-/m0/s1. The van der Waals surface area contributed by atoms with E-state index < -0.39 is 47.0 Å². The number of fused-ring (bicyclic) bond motifs is 4. The molecule has 2 fully saturated rings. The summed E-state index contributed by atoms with van der Waals surface area (Å²) >= 11 is 6.28. The summed E-state index contributed by atoms with van der Waals surface area (Å²) in [4.78, 5) is 54.1. The molecule has 9 heteroatoms. The van der Waals surface area contributed by atoms with Crippen molar-refractivity contribution in [1.29, 1.82) is 0 Å². The molecule has 35 heavy (non-hydrogen) atoms. The number of amides is 4. The molecule has 1 spiro atoms. The van der Waals surface area contributed by atoms with E-state index in [0.717, 1.165) is 29.7 Å². The van der Waals surface area contributed by atoms with Gasteiger partial charge >= 0.3 is 0 Å². The number of carbonyl (C=O) groups excluding carboxylic acids is 4. The maximum Gasteiger partial charge on any atom is 0.250 e. The van der Waals surface area contributed by atoms with E-state index in [4.69, 9.17) is 17.3 Å². The number of anilines is 2. The Hall–Kier alpha value is -3.23. The maximum absolute atomic E-state index is 13.9. The van der Waals surface area contributed by atoms with Crippen molar-refractivity contribution in [3.8, 4) is 0 Å². The number of primary amides is 1. The molecule has 0 radical (unpaired) electrons. The Bertz CT molecular complexity index is 1260. The minimum absolute atomic E-state index is 0.180. The van der Waals surface area contributed by atoms with Crippen LogP contribution in [-0.4, -0.2) is 29.7 Å². The molecule has 3 aliphatic rings. The summed E-state index contributed by atoms with van der Waals surface area (Å²) in [7, 11) is 0. The lowest BCUT2D eigenvalue weighted by molar-refractivity contribution is -0.130. The van der Waals surface area contributed by atoms with Gasteiger partial charge in [0.1, 0.15) is 5.54 Å². The fourth-order valence-electron chi connectivity index (χ4n) is 5.83. The van der Waals surface area contributed by atoms with Crippen LogP contribution in [-0.2, 0) is 31.1 Å². The van der Waals surface area contributed by atoms with Crippen molar-refractivity contribution < 1.29 is 19.2 Å². The quantitative estimate of drug-likeness (QED) is 0.533. The van der Waals surface area contributed by atoms with Gasteiger partial charge in [-0.3, -0.25) is 24.5 Å². The highest BCUT2D eigenvalue weighted by atomic mass is 35.5. The van der Waals surface area contributed by atoms with Gasteiger partial charge in [-0.15, -0.1) is 0 Å². The SMILES string of the molecule is CCCCc1ccc(N2C(=O)[C@H]3[C@H](CC(N)=O)N[C@]4(C(=O)Nc5c4ccc(Cl)c5C)[C@@H]3C2=O)cc1. The monoisotopic (exact) mass is 494 g/mol. The Balaban J connectivity index is 1.60. The van der Waals surface area contributed by atoms with Crippen LogP contribution < -0.4 is 21.3 Å². The number of unbranched alkanes of at least 4 members (excludes halogenated alkanes) is 1. The van der Waals surface area contributed by atoms with Crippen molar-refractivity contribution in [2.45, 2.75) is 51.1 Å². The Morgan fingerprint density at radius 1 is 1.11 bits per heavy atom. The van der Waals surface area contributed by atoms with Gasteiger partial charge < -0.3 is 11.1 Å². The second-order valence-electron chi connectivity index (χ2n) is 9.56. The van der Waals surface area contributed by atoms with Gasteiger partial charge in [0.15, 0.2) is 0 Å². The molecule has 0 unspecified atom stereocenters. The zero-order valence-corrected chi connectivity index (χ0v) is 20.3. The molecule has 4 N–H and O–H groups in total. The second-order valence-corrected chi connectivity index (χ2v) is 9.97. The maximum atomic E-state index is 13.9. The van der Waals surface area contributed by atoms with Crippen LogP contribution in [0.2, 0.25) is 5.02 Å². The number of hydrogen-bond acceptors (Lipinski definition) is 5. The van der Waals surface area contributed by atoms with Crippen LogP contribution in [0, 0.1) is 18.8 Å². The zero-order chi connectivity index (χ0) is 25.1. The van der Waals surface area contributed by atoms with E-state index in [9.17, 15) is 19.2 Å². The number of imide groups is 1. The first-order valence-electron chi connectivity index (χ1n) is 11.8. The number of nitrogens with two attached hydrogens (primary N) is 1. The van der Waals surface area contributed by atoms with Crippen LogP contribution in [0.5, 0.6) is 0 Å². The number of hydrogen-bond donors (Lipinski definition) is 3. The third-order valence-electron chi connectivity index (χ3n) is 7.52. The molecule has 0 aliphatic carbocycles. The third-order valence-corrected chi connectivity index (χ3v) is 7.93. The number of rotatable bonds is 6.